The second-order valence-corrected chi connectivity index (χ2v) is 7.02. The minimum Gasteiger partial charge on any atom is -0.351 e. The number of thioether (sulfide) groups is 1. The number of carbonyl (C=O) groups excluding carboxylic acids is 1. The number of anilines is 2. The Bertz CT molecular complexity index is 1130. The lowest BCUT2D eigenvalue weighted by Crippen LogP contribution is -2.27. The van der Waals surface area contributed by atoms with E-state index in [0.717, 1.165) is 22.3 Å². The predicted octanol–water partition coefficient (Wildman–Crippen LogP) is 3.19. The number of fused-ring (bicyclic) bond motifs is 1. The van der Waals surface area contributed by atoms with Crippen molar-refractivity contribution in [1.29, 1.82) is 0 Å². The summed E-state index contributed by atoms with van der Waals surface area (Å²) in [5.41, 5.74) is 3.06. The number of pyridine rings is 1. The summed E-state index contributed by atoms with van der Waals surface area (Å²) < 4.78 is 0. The zero-order valence-corrected chi connectivity index (χ0v) is 16.5. The maximum absolute atomic E-state index is 12.7. The van der Waals surface area contributed by atoms with Crippen LogP contribution in [0.5, 0.6) is 0 Å². The number of nitrogens with zero attached hydrogens (tertiary/aromatic N) is 4. The van der Waals surface area contributed by atoms with Gasteiger partial charge in [-0.3, -0.25) is 14.9 Å². The first-order valence-corrected chi connectivity index (χ1v) is 10.2. The number of aromatic nitrogens is 5. The van der Waals surface area contributed by atoms with Gasteiger partial charge in [-0.25, -0.2) is 9.97 Å². The number of hydrogen-bond acceptors (Lipinski definition) is 7. The molecule has 1 amide bonds. The van der Waals surface area contributed by atoms with E-state index in [1.165, 1.54) is 11.8 Å². The number of amides is 1. The topological polar surface area (TPSA) is 108 Å². The Labute approximate surface area is 171 Å². The highest BCUT2D eigenvalue weighted by atomic mass is 32.2. The highest BCUT2D eigenvalue weighted by Gasteiger charge is 2.15. The van der Waals surface area contributed by atoms with E-state index < -0.39 is 0 Å². The number of aromatic amines is 1. The molecule has 0 saturated heterocycles. The molecule has 0 aliphatic carbocycles. The van der Waals surface area contributed by atoms with Gasteiger partial charge in [0.05, 0.1) is 11.7 Å². The molecular weight excluding hydrogens is 386 g/mol. The number of nitrogens with one attached hydrogen (secondary N) is 3. The van der Waals surface area contributed by atoms with Gasteiger partial charge in [0.15, 0.2) is 5.16 Å². The fourth-order valence-electron chi connectivity index (χ4n) is 2.83. The van der Waals surface area contributed by atoms with Crippen LogP contribution in [0.3, 0.4) is 0 Å². The third-order valence-electron chi connectivity index (χ3n) is 4.29. The van der Waals surface area contributed by atoms with Crippen LogP contribution in [0.25, 0.3) is 10.9 Å². The molecule has 4 aromatic rings. The van der Waals surface area contributed by atoms with E-state index in [0.29, 0.717) is 29.5 Å². The lowest BCUT2D eigenvalue weighted by atomic mass is 10.2. The fraction of sp³-hybridized carbons (Fsp3) is 0.150. The van der Waals surface area contributed by atoms with Gasteiger partial charge in [0.2, 0.25) is 0 Å². The molecule has 146 valence electrons. The van der Waals surface area contributed by atoms with Crippen LogP contribution < -0.4 is 10.6 Å². The summed E-state index contributed by atoms with van der Waals surface area (Å²) in [6, 6.07) is 11.5. The Hall–Kier alpha value is -3.46. The van der Waals surface area contributed by atoms with E-state index in [9.17, 15) is 4.79 Å². The van der Waals surface area contributed by atoms with E-state index >= 15 is 0 Å². The first-order chi connectivity index (χ1) is 14.2. The summed E-state index contributed by atoms with van der Waals surface area (Å²) in [7, 11) is 0. The molecule has 0 atom stereocenters. The molecule has 3 aromatic heterocycles. The van der Waals surface area contributed by atoms with Gasteiger partial charge in [0.25, 0.3) is 5.91 Å². The maximum Gasteiger partial charge on any atom is 0.256 e. The van der Waals surface area contributed by atoms with Crippen molar-refractivity contribution < 1.29 is 4.79 Å². The first kappa shape index (κ1) is 18.9. The number of rotatable bonds is 7. The van der Waals surface area contributed by atoms with Gasteiger partial charge in [0, 0.05) is 42.1 Å². The Kier molecular flexibility index (Phi) is 5.66. The zero-order chi connectivity index (χ0) is 20.1. The SMILES string of the molecule is CSc1ncc(C(=O)NCCc2ccccn2)c(Nc2ccc3[nH]ncc3c2)n1. The predicted molar refractivity (Wildman–Crippen MR) is 113 cm³/mol. The third kappa shape index (κ3) is 4.52. The summed E-state index contributed by atoms with van der Waals surface area (Å²) in [6.45, 7) is 0.473. The second kappa shape index (κ2) is 8.70. The Balaban J connectivity index is 1.52. The maximum atomic E-state index is 12.7. The molecule has 0 bridgehead atoms. The lowest BCUT2D eigenvalue weighted by molar-refractivity contribution is 0.0954. The Morgan fingerprint density at radius 2 is 2.10 bits per heavy atom. The van der Waals surface area contributed by atoms with Crippen LogP contribution in [0, 0.1) is 0 Å². The molecule has 9 heteroatoms. The van der Waals surface area contributed by atoms with Crippen molar-refractivity contribution in [1.82, 2.24) is 30.5 Å². The fourth-order valence-corrected chi connectivity index (χ4v) is 3.17. The largest absolute Gasteiger partial charge is 0.351 e. The monoisotopic (exact) mass is 405 g/mol. The molecule has 0 saturated carbocycles. The summed E-state index contributed by atoms with van der Waals surface area (Å²) in [4.78, 5) is 25.7. The summed E-state index contributed by atoms with van der Waals surface area (Å²) in [5, 5.41) is 14.7. The van der Waals surface area contributed by atoms with Gasteiger partial charge in [-0.15, -0.1) is 0 Å². The Morgan fingerprint density at radius 3 is 2.93 bits per heavy atom. The smallest absolute Gasteiger partial charge is 0.256 e. The van der Waals surface area contributed by atoms with Crippen LogP contribution >= 0.6 is 11.8 Å². The number of benzene rings is 1. The van der Waals surface area contributed by atoms with Crippen molar-refractivity contribution in [3.63, 3.8) is 0 Å². The van der Waals surface area contributed by atoms with E-state index in [-0.39, 0.29) is 5.91 Å². The van der Waals surface area contributed by atoms with Crippen molar-refractivity contribution in [3.05, 3.63) is 66.2 Å². The standard InChI is InChI=1S/C20H19N7OS/c1-29-20-23-12-16(19(28)22-9-7-14-4-2-3-8-21-14)18(26-20)25-15-5-6-17-13(10-15)11-24-27-17/h2-6,8,10-12H,7,9H2,1H3,(H,22,28)(H,24,27)(H,23,25,26). The highest BCUT2D eigenvalue weighted by Crippen LogP contribution is 2.23. The van der Waals surface area contributed by atoms with E-state index in [1.807, 2.05) is 42.7 Å². The molecule has 0 aliphatic rings. The minimum absolute atomic E-state index is 0.236. The molecule has 1 aromatic carbocycles. The molecule has 0 spiro atoms. The minimum atomic E-state index is -0.236. The number of hydrogen-bond donors (Lipinski definition) is 3. The lowest BCUT2D eigenvalue weighted by Gasteiger charge is -2.12. The summed E-state index contributed by atoms with van der Waals surface area (Å²) in [5.74, 6) is 0.225. The number of H-pyrrole nitrogens is 1. The normalized spacial score (nSPS) is 10.8. The molecule has 0 aliphatic heterocycles. The average molecular weight is 405 g/mol. The van der Waals surface area contributed by atoms with Gasteiger partial charge in [-0.1, -0.05) is 17.8 Å². The van der Waals surface area contributed by atoms with Gasteiger partial charge >= 0.3 is 0 Å². The molecule has 29 heavy (non-hydrogen) atoms. The molecule has 3 heterocycles. The van der Waals surface area contributed by atoms with Crippen LogP contribution in [0.4, 0.5) is 11.5 Å². The molecular formula is C20H19N7OS. The van der Waals surface area contributed by atoms with Crippen molar-refractivity contribution >= 4 is 40.1 Å². The molecule has 0 fully saturated rings. The summed E-state index contributed by atoms with van der Waals surface area (Å²) >= 11 is 1.42. The average Bonchev–Trinajstić information content (AvgIpc) is 3.22. The molecule has 0 radical (unpaired) electrons. The van der Waals surface area contributed by atoms with Crippen LogP contribution in [-0.4, -0.2) is 43.9 Å². The van der Waals surface area contributed by atoms with E-state index in [2.05, 4.69) is 35.8 Å². The van der Waals surface area contributed by atoms with Crippen molar-refractivity contribution in [2.24, 2.45) is 0 Å². The summed E-state index contributed by atoms with van der Waals surface area (Å²) in [6.07, 6.45) is 7.58. The van der Waals surface area contributed by atoms with Crippen molar-refractivity contribution in [3.8, 4) is 0 Å². The van der Waals surface area contributed by atoms with Crippen molar-refractivity contribution in [2.75, 3.05) is 18.1 Å². The number of carbonyl (C=O) groups is 1. The van der Waals surface area contributed by atoms with E-state index in [1.54, 1.807) is 18.6 Å². The van der Waals surface area contributed by atoms with Gasteiger partial charge in [-0.2, -0.15) is 5.10 Å². The van der Waals surface area contributed by atoms with Crippen LogP contribution in [0.2, 0.25) is 0 Å². The first-order valence-electron chi connectivity index (χ1n) is 9.02. The van der Waals surface area contributed by atoms with Crippen molar-refractivity contribution in [2.45, 2.75) is 11.6 Å². The van der Waals surface area contributed by atoms with Gasteiger partial charge in [0.1, 0.15) is 11.4 Å². The van der Waals surface area contributed by atoms with E-state index in [4.69, 9.17) is 0 Å². The molecule has 3 N–H and O–H groups in total. The van der Waals surface area contributed by atoms with Gasteiger partial charge in [-0.05, 0) is 36.6 Å². The molecule has 4 rings (SSSR count). The Morgan fingerprint density at radius 1 is 1.17 bits per heavy atom. The zero-order valence-electron chi connectivity index (χ0n) is 15.7. The highest BCUT2D eigenvalue weighted by molar-refractivity contribution is 7.98. The van der Waals surface area contributed by atoms with Gasteiger partial charge < -0.3 is 10.6 Å². The van der Waals surface area contributed by atoms with Crippen LogP contribution in [-0.2, 0) is 6.42 Å². The second-order valence-electron chi connectivity index (χ2n) is 6.24. The van der Waals surface area contributed by atoms with Crippen LogP contribution in [0.15, 0.2) is 60.1 Å². The molecule has 0 unspecified atom stereocenters. The quantitative estimate of drug-likeness (QED) is 0.320. The third-order valence-corrected chi connectivity index (χ3v) is 4.85. The van der Waals surface area contributed by atoms with Crippen LogP contribution in [0.1, 0.15) is 16.1 Å². The molecule has 8 nitrogen and oxygen atoms in total.